The van der Waals surface area contributed by atoms with Crippen LogP contribution in [0.25, 0.3) is 0 Å². The van der Waals surface area contributed by atoms with E-state index in [1.807, 2.05) is 0 Å². The van der Waals surface area contributed by atoms with Gasteiger partial charge < -0.3 is 15.7 Å². The molecule has 3 N–H and O–H groups in total. The number of piperidine rings is 1. The van der Waals surface area contributed by atoms with Crippen molar-refractivity contribution in [1.82, 2.24) is 10.6 Å². The largest absolute Gasteiger partial charge is 0.507 e. The molecule has 5 nitrogen and oxygen atoms in total. The first-order chi connectivity index (χ1) is 8.56. The number of aromatic hydroxyl groups is 1. The number of phenols is 1. The van der Waals surface area contributed by atoms with Crippen molar-refractivity contribution in [2.75, 3.05) is 6.54 Å². The van der Waals surface area contributed by atoms with Crippen LogP contribution in [0, 0.1) is 0 Å². The summed E-state index contributed by atoms with van der Waals surface area (Å²) in [5.41, 5.74) is 0.232. The third kappa shape index (κ3) is 3.01. The topological polar surface area (TPSA) is 78.4 Å². The van der Waals surface area contributed by atoms with Gasteiger partial charge in [-0.3, -0.25) is 9.59 Å². The van der Waals surface area contributed by atoms with Crippen molar-refractivity contribution in [1.29, 1.82) is 0 Å². The minimum absolute atomic E-state index is 0.00647. The summed E-state index contributed by atoms with van der Waals surface area (Å²) in [6.07, 6.45) is 1.03. The lowest BCUT2D eigenvalue weighted by Crippen LogP contribution is -2.47. The van der Waals surface area contributed by atoms with Crippen LogP contribution in [0.15, 0.2) is 22.7 Å². The standard InChI is InChI=1S/C12H13BrN2O3/c13-7-1-3-9(10(16)5-7)12(18)15-8-2-4-11(17)14-6-8/h1,3,5,8,16H,2,4,6H2,(H,14,17)(H,15,18)/t8-/m1/s1. The summed E-state index contributed by atoms with van der Waals surface area (Å²) >= 11 is 3.21. The van der Waals surface area contributed by atoms with Crippen molar-refractivity contribution in [2.24, 2.45) is 0 Å². The lowest BCUT2D eigenvalue weighted by Gasteiger charge is -2.23. The number of rotatable bonds is 2. The molecule has 1 fully saturated rings. The molecule has 1 atom stereocenters. The summed E-state index contributed by atoms with van der Waals surface area (Å²) < 4.78 is 0.710. The fraction of sp³-hybridized carbons (Fsp3) is 0.333. The molecule has 0 aromatic heterocycles. The normalized spacial score (nSPS) is 19.2. The van der Waals surface area contributed by atoms with E-state index >= 15 is 0 Å². The second-order valence-corrected chi connectivity index (χ2v) is 5.09. The first-order valence-electron chi connectivity index (χ1n) is 5.62. The highest BCUT2D eigenvalue weighted by Crippen LogP contribution is 2.22. The number of benzene rings is 1. The quantitative estimate of drug-likeness (QED) is 0.767. The zero-order valence-electron chi connectivity index (χ0n) is 9.57. The fourth-order valence-electron chi connectivity index (χ4n) is 1.82. The molecule has 1 aliphatic rings. The van der Waals surface area contributed by atoms with Crippen molar-refractivity contribution < 1.29 is 14.7 Å². The highest BCUT2D eigenvalue weighted by molar-refractivity contribution is 9.10. The number of carbonyl (C=O) groups excluding carboxylic acids is 2. The molecule has 6 heteroatoms. The van der Waals surface area contributed by atoms with Gasteiger partial charge in [0.15, 0.2) is 0 Å². The molecule has 0 spiro atoms. The van der Waals surface area contributed by atoms with Crippen LogP contribution >= 0.6 is 15.9 Å². The summed E-state index contributed by atoms with van der Waals surface area (Å²) in [6, 6.07) is 4.63. The Balaban J connectivity index is 2.01. The van der Waals surface area contributed by atoms with Crippen LogP contribution < -0.4 is 10.6 Å². The van der Waals surface area contributed by atoms with E-state index in [0.717, 1.165) is 0 Å². The van der Waals surface area contributed by atoms with Gasteiger partial charge in [-0.15, -0.1) is 0 Å². The Kier molecular flexibility index (Phi) is 3.86. The number of amides is 2. The van der Waals surface area contributed by atoms with E-state index in [-0.39, 0.29) is 29.2 Å². The molecule has 1 heterocycles. The molecule has 96 valence electrons. The minimum Gasteiger partial charge on any atom is -0.507 e. The number of hydrogen-bond acceptors (Lipinski definition) is 3. The van der Waals surface area contributed by atoms with Gasteiger partial charge in [0, 0.05) is 23.5 Å². The Bertz CT molecular complexity index is 480. The molecule has 0 radical (unpaired) electrons. The average Bonchev–Trinajstić information content (AvgIpc) is 2.32. The predicted molar refractivity (Wildman–Crippen MR) is 69.3 cm³/mol. The van der Waals surface area contributed by atoms with Gasteiger partial charge in [-0.2, -0.15) is 0 Å². The Morgan fingerprint density at radius 2 is 2.28 bits per heavy atom. The fourth-order valence-corrected chi connectivity index (χ4v) is 2.16. The van der Waals surface area contributed by atoms with Gasteiger partial charge in [-0.25, -0.2) is 0 Å². The average molecular weight is 313 g/mol. The van der Waals surface area contributed by atoms with Crippen molar-refractivity contribution in [3.63, 3.8) is 0 Å². The molecule has 1 aliphatic heterocycles. The smallest absolute Gasteiger partial charge is 0.255 e. The maximum absolute atomic E-state index is 11.9. The van der Waals surface area contributed by atoms with Gasteiger partial charge in [-0.1, -0.05) is 15.9 Å². The first kappa shape index (κ1) is 12.9. The van der Waals surface area contributed by atoms with Crippen LogP contribution in [0.3, 0.4) is 0 Å². The van der Waals surface area contributed by atoms with Crippen molar-refractivity contribution in [2.45, 2.75) is 18.9 Å². The van der Waals surface area contributed by atoms with Crippen LogP contribution in [0.1, 0.15) is 23.2 Å². The number of nitrogens with one attached hydrogen (secondary N) is 2. The van der Waals surface area contributed by atoms with Gasteiger partial charge in [0.25, 0.3) is 5.91 Å². The van der Waals surface area contributed by atoms with Gasteiger partial charge in [0.2, 0.25) is 5.91 Å². The zero-order valence-corrected chi connectivity index (χ0v) is 11.2. The maximum atomic E-state index is 11.9. The molecule has 1 saturated heterocycles. The number of carbonyl (C=O) groups is 2. The van der Waals surface area contributed by atoms with Gasteiger partial charge in [0.1, 0.15) is 5.75 Å². The van der Waals surface area contributed by atoms with E-state index in [0.29, 0.717) is 23.9 Å². The van der Waals surface area contributed by atoms with E-state index in [2.05, 4.69) is 26.6 Å². The number of halogens is 1. The number of hydrogen-bond donors (Lipinski definition) is 3. The van der Waals surface area contributed by atoms with Crippen LogP contribution in [0.4, 0.5) is 0 Å². The summed E-state index contributed by atoms with van der Waals surface area (Å²) in [5.74, 6) is -0.394. The molecule has 0 unspecified atom stereocenters. The second kappa shape index (κ2) is 5.39. The molecule has 1 aromatic carbocycles. The van der Waals surface area contributed by atoms with Gasteiger partial charge in [-0.05, 0) is 24.6 Å². The van der Waals surface area contributed by atoms with Gasteiger partial charge in [0.05, 0.1) is 5.56 Å². The van der Waals surface area contributed by atoms with E-state index in [4.69, 9.17) is 0 Å². The molecule has 0 aliphatic carbocycles. The van der Waals surface area contributed by atoms with Crippen LogP contribution in [0.2, 0.25) is 0 Å². The molecular weight excluding hydrogens is 300 g/mol. The maximum Gasteiger partial charge on any atom is 0.255 e. The van der Waals surface area contributed by atoms with Crippen molar-refractivity contribution in [3.05, 3.63) is 28.2 Å². The molecule has 1 aromatic rings. The summed E-state index contributed by atoms with van der Waals surface area (Å²) in [6.45, 7) is 0.432. The van der Waals surface area contributed by atoms with Crippen LogP contribution in [-0.2, 0) is 4.79 Å². The Hall–Kier alpha value is -1.56. The second-order valence-electron chi connectivity index (χ2n) is 4.17. The Morgan fingerprint density at radius 1 is 1.50 bits per heavy atom. The summed E-state index contributed by atoms with van der Waals surface area (Å²) in [4.78, 5) is 22.9. The lowest BCUT2D eigenvalue weighted by molar-refractivity contribution is -0.122. The van der Waals surface area contributed by atoms with E-state index in [1.165, 1.54) is 6.07 Å². The minimum atomic E-state index is -0.332. The Labute approximate surface area is 113 Å². The zero-order chi connectivity index (χ0) is 13.1. The van der Waals surface area contributed by atoms with Crippen LogP contribution in [-0.4, -0.2) is 29.5 Å². The molecule has 2 rings (SSSR count). The Morgan fingerprint density at radius 3 is 2.89 bits per heavy atom. The van der Waals surface area contributed by atoms with E-state index in [9.17, 15) is 14.7 Å². The summed E-state index contributed by atoms with van der Waals surface area (Å²) in [5, 5.41) is 15.1. The third-order valence-corrected chi connectivity index (χ3v) is 3.30. The highest BCUT2D eigenvalue weighted by Gasteiger charge is 2.21. The number of phenolic OH excluding ortho intramolecular Hbond substituents is 1. The molecule has 0 saturated carbocycles. The van der Waals surface area contributed by atoms with E-state index in [1.54, 1.807) is 12.1 Å². The van der Waals surface area contributed by atoms with E-state index < -0.39 is 0 Å². The monoisotopic (exact) mass is 312 g/mol. The van der Waals surface area contributed by atoms with Crippen molar-refractivity contribution >= 4 is 27.7 Å². The SMILES string of the molecule is O=C1CC[C@@H](NC(=O)c2ccc(Br)cc2O)CN1. The van der Waals surface area contributed by atoms with Gasteiger partial charge >= 0.3 is 0 Å². The molecule has 0 bridgehead atoms. The highest BCUT2D eigenvalue weighted by atomic mass is 79.9. The summed E-state index contributed by atoms with van der Waals surface area (Å²) in [7, 11) is 0. The predicted octanol–water partition coefficient (Wildman–Crippen LogP) is 1.16. The third-order valence-electron chi connectivity index (χ3n) is 2.81. The molecule has 2 amide bonds. The molecular formula is C12H13BrN2O3. The molecule has 18 heavy (non-hydrogen) atoms. The lowest BCUT2D eigenvalue weighted by atomic mass is 10.1. The van der Waals surface area contributed by atoms with Crippen molar-refractivity contribution in [3.8, 4) is 5.75 Å². The first-order valence-corrected chi connectivity index (χ1v) is 6.41. The van der Waals surface area contributed by atoms with Crippen LogP contribution in [0.5, 0.6) is 5.75 Å².